The van der Waals surface area contributed by atoms with E-state index in [2.05, 4.69) is 22.4 Å². The van der Waals surface area contributed by atoms with Crippen LogP contribution in [-0.4, -0.2) is 55.1 Å². The van der Waals surface area contributed by atoms with Crippen molar-refractivity contribution in [2.24, 2.45) is 0 Å². The zero-order valence-electron chi connectivity index (χ0n) is 14.2. The largest absolute Gasteiger partial charge is 0.353 e. The Morgan fingerprint density at radius 2 is 2.08 bits per heavy atom. The van der Waals surface area contributed by atoms with E-state index in [-0.39, 0.29) is 17.2 Å². The standard InChI is InChI=1S/C15H20N4O3S3/c1-4-8-23-15-18-17-14(24-15)16-10-13(20)11-6-5-7-12(9-11)25(21,22)19(2)3/h5-7,9H,4,8,10H2,1-3H3,(H,16,17). The van der Waals surface area contributed by atoms with Gasteiger partial charge in [0.1, 0.15) is 0 Å². The number of sulfonamides is 1. The van der Waals surface area contributed by atoms with Crippen LogP contribution in [0.2, 0.25) is 0 Å². The molecule has 0 radical (unpaired) electrons. The summed E-state index contributed by atoms with van der Waals surface area (Å²) in [5, 5.41) is 11.6. The average molecular weight is 401 g/mol. The van der Waals surface area contributed by atoms with Gasteiger partial charge in [-0.05, 0) is 18.6 Å². The second-order valence-corrected chi connectivity index (χ2v) is 9.78. The van der Waals surface area contributed by atoms with Crippen molar-refractivity contribution in [1.29, 1.82) is 0 Å². The zero-order valence-corrected chi connectivity index (χ0v) is 16.7. The van der Waals surface area contributed by atoms with E-state index >= 15 is 0 Å². The van der Waals surface area contributed by atoms with Gasteiger partial charge in [-0.15, -0.1) is 10.2 Å². The summed E-state index contributed by atoms with van der Waals surface area (Å²) < 4.78 is 26.3. The Morgan fingerprint density at radius 1 is 1.32 bits per heavy atom. The fourth-order valence-corrected chi connectivity index (χ4v) is 4.45. The van der Waals surface area contributed by atoms with Gasteiger partial charge in [0.25, 0.3) is 0 Å². The Kier molecular flexibility index (Phi) is 6.94. The third kappa shape index (κ3) is 5.24. The number of ketones is 1. The lowest BCUT2D eigenvalue weighted by molar-refractivity contribution is 0.101. The van der Waals surface area contributed by atoms with Crippen LogP contribution in [0.25, 0.3) is 0 Å². The molecule has 0 unspecified atom stereocenters. The van der Waals surface area contributed by atoms with Crippen LogP contribution in [0.4, 0.5) is 5.13 Å². The lowest BCUT2D eigenvalue weighted by atomic mass is 10.1. The summed E-state index contributed by atoms with van der Waals surface area (Å²) in [6.07, 6.45) is 1.05. The van der Waals surface area contributed by atoms with E-state index in [1.54, 1.807) is 23.9 Å². The molecule has 0 atom stereocenters. The number of aromatic nitrogens is 2. The summed E-state index contributed by atoms with van der Waals surface area (Å²) in [5.41, 5.74) is 0.334. The molecule has 7 nitrogen and oxygen atoms in total. The smallest absolute Gasteiger partial charge is 0.242 e. The maximum Gasteiger partial charge on any atom is 0.242 e. The van der Waals surface area contributed by atoms with Crippen LogP contribution in [0.5, 0.6) is 0 Å². The number of carbonyl (C=O) groups is 1. The van der Waals surface area contributed by atoms with Gasteiger partial charge in [-0.2, -0.15) is 0 Å². The molecule has 1 N–H and O–H groups in total. The molecule has 0 aliphatic heterocycles. The fraction of sp³-hybridized carbons (Fsp3) is 0.400. The van der Waals surface area contributed by atoms with Gasteiger partial charge in [-0.1, -0.05) is 42.2 Å². The molecule has 0 aliphatic carbocycles. The first kappa shape index (κ1) is 19.8. The molecule has 10 heteroatoms. The number of rotatable bonds is 9. The number of carbonyl (C=O) groups excluding carboxylic acids is 1. The van der Waals surface area contributed by atoms with Gasteiger partial charge in [0, 0.05) is 25.4 Å². The van der Waals surface area contributed by atoms with Crippen LogP contribution in [0.1, 0.15) is 23.7 Å². The number of nitrogens with zero attached hydrogens (tertiary/aromatic N) is 3. The molecule has 0 bridgehead atoms. The van der Waals surface area contributed by atoms with Gasteiger partial charge in [0.2, 0.25) is 15.2 Å². The highest BCUT2D eigenvalue weighted by atomic mass is 32.2. The van der Waals surface area contributed by atoms with Crippen molar-refractivity contribution in [3.05, 3.63) is 29.8 Å². The van der Waals surface area contributed by atoms with E-state index in [0.717, 1.165) is 20.8 Å². The molecule has 1 aromatic heterocycles. The highest BCUT2D eigenvalue weighted by molar-refractivity contribution is 8.01. The monoisotopic (exact) mass is 400 g/mol. The number of benzene rings is 1. The van der Waals surface area contributed by atoms with Gasteiger partial charge in [0.05, 0.1) is 11.4 Å². The van der Waals surface area contributed by atoms with Crippen molar-refractivity contribution in [3.63, 3.8) is 0 Å². The van der Waals surface area contributed by atoms with E-state index in [1.807, 2.05) is 0 Å². The van der Waals surface area contributed by atoms with Crippen molar-refractivity contribution < 1.29 is 13.2 Å². The molecule has 0 spiro atoms. The van der Waals surface area contributed by atoms with Crippen molar-refractivity contribution in [1.82, 2.24) is 14.5 Å². The van der Waals surface area contributed by atoms with Crippen molar-refractivity contribution >= 4 is 44.0 Å². The maximum atomic E-state index is 12.3. The minimum absolute atomic E-state index is 0.0263. The summed E-state index contributed by atoms with van der Waals surface area (Å²) in [6, 6.07) is 6.03. The van der Waals surface area contributed by atoms with Gasteiger partial charge in [-0.25, -0.2) is 12.7 Å². The Balaban J connectivity index is 2.03. The molecular weight excluding hydrogens is 380 g/mol. The molecule has 2 aromatic rings. The second-order valence-electron chi connectivity index (χ2n) is 5.31. The molecule has 25 heavy (non-hydrogen) atoms. The quantitative estimate of drug-likeness (QED) is 0.511. The molecule has 0 amide bonds. The molecule has 1 heterocycles. The molecule has 0 saturated heterocycles. The minimum atomic E-state index is -3.57. The number of anilines is 1. The van der Waals surface area contributed by atoms with Crippen LogP contribution in [0.15, 0.2) is 33.5 Å². The second kappa shape index (κ2) is 8.75. The number of thioether (sulfide) groups is 1. The predicted molar refractivity (Wildman–Crippen MR) is 101 cm³/mol. The molecule has 2 rings (SSSR count). The first-order valence-electron chi connectivity index (χ1n) is 7.60. The first-order chi connectivity index (χ1) is 11.8. The Morgan fingerprint density at radius 3 is 2.76 bits per heavy atom. The summed E-state index contributed by atoms with van der Waals surface area (Å²) in [7, 11) is -0.661. The Hall–Kier alpha value is -1.49. The number of hydrogen-bond acceptors (Lipinski definition) is 8. The SMILES string of the molecule is CCCSc1nnc(NCC(=O)c2cccc(S(=O)(=O)N(C)C)c2)s1. The van der Waals surface area contributed by atoms with E-state index in [9.17, 15) is 13.2 Å². The van der Waals surface area contributed by atoms with Crippen molar-refractivity contribution in [2.45, 2.75) is 22.6 Å². The highest BCUT2D eigenvalue weighted by Crippen LogP contribution is 2.25. The fourth-order valence-electron chi connectivity index (χ4n) is 1.83. The Bertz CT molecular complexity index is 834. The summed E-state index contributed by atoms with van der Waals surface area (Å²) >= 11 is 3.02. The molecule has 1 aromatic carbocycles. The molecule has 0 saturated carbocycles. The van der Waals surface area contributed by atoms with Crippen molar-refractivity contribution in [2.75, 3.05) is 31.7 Å². The lowest BCUT2D eigenvalue weighted by Gasteiger charge is -2.12. The molecule has 0 fully saturated rings. The number of hydrogen-bond donors (Lipinski definition) is 1. The van der Waals surface area contributed by atoms with Crippen LogP contribution in [0.3, 0.4) is 0 Å². The summed E-state index contributed by atoms with van der Waals surface area (Å²) in [6.45, 7) is 2.12. The van der Waals surface area contributed by atoms with Crippen LogP contribution < -0.4 is 5.32 Å². The van der Waals surface area contributed by atoms with Crippen LogP contribution in [0, 0.1) is 0 Å². The minimum Gasteiger partial charge on any atom is -0.353 e. The van der Waals surface area contributed by atoms with E-state index in [4.69, 9.17) is 0 Å². The third-order valence-corrected chi connectivity index (χ3v) is 7.20. The molecule has 0 aliphatic rings. The average Bonchev–Trinajstić information content (AvgIpc) is 3.05. The van der Waals surface area contributed by atoms with Gasteiger partial charge >= 0.3 is 0 Å². The number of nitrogens with one attached hydrogen (secondary N) is 1. The van der Waals surface area contributed by atoms with E-state index < -0.39 is 10.0 Å². The predicted octanol–water partition coefficient (Wildman–Crippen LogP) is 2.59. The normalized spacial score (nSPS) is 11.7. The highest BCUT2D eigenvalue weighted by Gasteiger charge is 2.18. The zero-order chi connectivity index (χ0) is 18.4. The van der Waals surface area contributed by atoms with Gasteiger partial charge < -0.3 is 5.32 Å². The summed E-state index contributed by atoms with van der Waals surface area (Å²) in [5.74, 6) is 0.759. The summed E-state index contributed by atoms with van der Waals surface area (Å²) in [4.78, 5) is 12.4. The van der Waals surface area contributed by atoms with Gasteiger partial charge in [0.15, 0.2) is 10.1 Å². The maximum absolute atomic E-state index is 12.3. The number of Topliss-reactive ketones (excluding diaryl/α,β-unsaturated/α-hetero) is 1. The van der Waals surface area contributed by atoms with E-state index in [0.29, 0.717) is 10.7 Å². The first-order valence-corrected chi connectivity index (χ1v) is 10.8. The molecular formula is C15H20N4O3S3. The molecule has 136 valence electrons. The third-order valence-electron chi connectivity index (χ3n) is 3.17. The van der Waals surface area contributed by atoms with Crippen LogP contribution in [-0.2, 0) is 10.0 Å². The van der Waals surface area contributed by atoms with E-state index in [1.165, 1.54) is 37.6 Å². The lowest BCUT2D eigenvalue weighted by Crippen LogP contribution is -2.22. The van der Waals surface area contributed by atoms with Gasteiger partial charge in [-0.3, -0.25) is 4.79 Å². The topological polar surface area (TPSA) is 92.3 Å². The Labute approximate surface area is 155 Å². The van der Waals surface area contributed by atoms with Crippen LogP contribution >= 0.6 is 23.1 Å². The van der Waals surface area contributed by atoms with Crippen molar-refractivity contribution in [3.8, 4) is 0 Å².